The maximum absolute atomic E-state index is 12.9. The summed E-state index contributed by atoms with van der Waals surface area (Å²) in [6, 6.07) is 12.9. The molecule has 0 aliphatic carbocycles. The first kappa shape index (κ1) is 19.0. The van der Waals surface area contributed by atoms with Crippen LogP contribution in [0.1, 0.15) is 48.9 Å². The van der Waals surface area contributed by atoms with Gasteiger partial charge in [-0.3, -0.25) is 4.79 Å². The Labute approximate surface area is 169 Å². The molecule has 1 N–H and O–H groups in total. The van der Waals surface area contributed by atoms with Gasteiger partial charge in [0.05, 0.1) is 11.7 Å². The van der Waals surface area contributed by atoms with Crippen molar-refractivity contribution in [3.8, 4) is 5.69 Å². The summed E-state index contributed by atoms with van der Waals surface area (Å²) in [4.78, 5) is 19.6. The number of amides is 1. The molecule has 2 aromatic heterocycles. The summed E-state index contributed by atoms with van der Waals surface area (Å²) in [5.74, 6) is 1.89. The van der Waals surface area contributed by atoms with Crippen molar-refractivity contribution in [2.75, 3.05) is 18.0 Å². The molecular weight excluding hydrogens is 366 g/mol. The summed E-state index contributed by atoms with van der Waals surface area (Å²) in [7, 11) is 0. The minimum atomic E-state index is -0.357. The lowest BCUT2D eigenvalue weighted by molar-refractivity contribution is 0.0937. The smallest absolute Gasteiger partial charge is 0.252 e. The van der Waals surface area contributed by atoms with E-state index in [1.165, 1.54) is 6.42 Å². The first-order chi connectivity index (χ1) is 14.1. The van der Waals surface area contributed by atoms with E-state index in [9.17, 15) is 4.79 Å². The number of carbonyl (C=O) groups is 1. The number of pyridine rings is 1. The first-order valence-corrected chi connectivity index (χ1v) is 9.97. The fourth-order valence-electron chi connectivity index (χ4n) is 3.69. The van der Waals surface area contributed by atoms with E-state index in [1.54, 1.807) is 16.9 Å². The number of aromatic nitrogens is 5. The molecule has 0 saturated carbocycles. The van der Waals surface area contributed by atoms with Crippen LogP contribution in [0.15, 0.2) is 48.7 Å². The molecule has 150 valence electrons. The Morgan fingerprint density at radius 1 is 1.24 bits per heavy atom. The van der Waals surface area contributed by atoms with Crippen molar-refractivity contribution in [2.24, 2.45) is 5.92 Å². The average molecular weight is 391 g/mol. The molecule has 0 bridgehead atoms. The third kappa shape index (κ3) is 4.26. The number of hydrogen-bond acceptors (Lipinski definition) is 6. The van der Waals surface area contributed by atoms with E-state index < -0.39 is 0 Å². The second-order valence-corrected chi connectivity index (χ2v) is 7.58. The van der Waals surface area contributed by atoms with E-state index in [-0.39, 0.29) is 11.9 Å². The maximum atomic E-state index is 12.9. The SMILES string of the molecule is C[C@H]1CCCN(c2cc(C(=O)N[C@H](C)c3nnnn3-c3ccccc3)ccn2)C1. The number of carbonyl (C=O) groups excluding carboxylic acids is 1. The predicted molar refractivity (Wildman–Crippen MR) is 110 cm³/mol. The molecule has 1 aromatic carbocycles. The molecule has 0 spiro atoms. The van der Waals surface area contributed by atoms with Gasteiger partial charge in [-0.15, -0.1) is 5.10 Å². The summed E-state index contributed by atoms with van der Waals surface area (Å²) in [5.41, 5.74) is 1.43. The van der Waals surface area contributed by atoms with Crippen molar-refractivity contribution in [1.29, 1.82) is 0 Å². The quantitative estimate of drug-likeness (QED) is 0.719. The number of hydrogen-bond donors (Lipinski definition) is 1. The molecule has 4 rings (SSSR count). The van der Waals surface area contributed by atoms with Gasteiger partial charge in [0, 0.05) is 24.8 Å². The lowest BCUT2D eigenvalue weighted by Crippen LogP contribution is -2.35. The minimum Gasteiger partial charge on any atom is -0.356 e. The lowest BCUT2D eigenvalue weighted by Gasteiger charge is -2.32. The standard InChI is InChI=1S/C21H25N7O/c1-15-7-6-12-27(14-15)19-13-17(10-11-22-19)21(29)23-16(2)20-24-25-26-28(20)18-8-4-3-5-9-18/h3-5,8-11,13,15-16H,6-7,12,14H2,1-2H3,(H,23,29)/t15-,16+/m0/s1. The maximum Gasteiger partial charge on any atom is 0.252 e. The highest BCUT2D eigenvalue weighted by atomic mass is 16.1. The fraction of sp³-hybridized carbons (Fsp3) is 0.381. The molecule has 29 heavy (non-hydrogen) atoms. The third-order valence-electron chi connectivity index (χ3n) is 5.22. The number of nitrogens with zero attached hydrogens (tertiary/aromatic N) is 6. The molecule has 8 nitrogen and oxygen atoms in total. The van der Waals surface area contributed by atoms with Gasteiger partial charge in [0.15, 0.2) is 5.82 Å². The van der Waals surface area contributed by atoms with E-state index >= 15 is 0 Å². The highest BCUT2D eigenvalue weighted by Gasteiger charge is 2.21. The number of rotatable bonds is 5. The summed E-state index contributed by atoms with van der Waals surface area (Å²) >= 11 is 0. The van der Waals surface area contributed by atoms with Gasteiger partial charge in [0.2, 0.25) is 0 Å². The van der Waals surface area contributed by atoms with E-state index in [0.29, 0.717) is 17.3 Å². The van der Waals surface area contributed by atoms with Crippen LogP contribution in [-0.2, 0) is 0 Å². The number of para-hydroxylation sites is 1. The van der Waals surface area contributed by atoms with Crippen LogP contribution in [0.25, 0.3) is 5.69 Å². The number of anilines is 1. The average Bonchev–Trinajstić information content (AvgIpc) is 3.24. The van der Waals surface area contributed by atoms with Crippen molar-refractivity contribution in [3.63, 3.8) is 0 Å². The van der Waals surface area contributed by atoms with Gasteiger partial charge in [-0.05, 0) is 60.4 Å². The number of benzene rings is 1. The van der Waals surface area contributed by atoms with Crippen molar-refractivity contribution >= 4 is 11.7 Å². The Morgan fingerprint density at radius 3 is 2.86 bits per heavy atom. The zero-order valence-corrected chi connectivity index (χ0v) is 16.7. The van der Waals surface area contributed by atoms with Crippen LogP contribution in [0.4, 0.5) is 5.82 Å². The normalized spacial score (nSPS) is 17.7. The van der Waals surface area contributed by atoms with Gasteiger partial charge in [-0.25, -0.2) is 4.98 Å². The Bertz CT molecular complexity index is 972. The van der Waals surface area contributed by atoms with E-state index in [1.807, 2.05) is 43.3 Å². The molecule has 8 heteroatoms. The highest BCUT2D eigenvalue weighted by Crippen LogP contribution is 2.22. The van der Waals surface area contributed by atoms with E-state index in [0.717, 1.165) is 31.0 Å². The van der Waals surface area contributed by atoms with E-state index in [4.69, 9.17) is 0 Å². The zero-order valence-electron chi connectivity index (χ0n) is 16.7. The molecule has 1 saturated heterocycles. The Balaban J connectivity index is 1.49. The number of nitrogens with one attached hydrogen (secondary N) is 1. The molecular formula is C21H25N7O. The monoisotopic (exact) mass is 391 g/mol. The second-order valence-electron chi connectivity index (χ2n) is 7.58. The Kier molecular flexibility index (Phi) is 5.50. The van der Waals surface area contributed by atoms with Crippen molar-refractivity contribution in [2.45, 2.75) is 32.7 Å². The molecule has 1 aliphatic rings. The van der Waals surface area contributed by atoms with Gasteiger partial charge in [0.25, 0.3) is 5.91 Å². The third-order valence-corrected chi connectivity index (χ3v) is 5.22. The molecule has 2 atom stereocenters. The van der Waals surface area contributed by atoms with Crippen LogP contribution < -0.4 is 10.2 Å². The molecule has 1 fully saturated rings. The second kappa shape index (κ2) is 8.38. The topological polar surface area (TPSA) is 88.8 Å². The molecule has 3 heterocycles. The van der Waals surface area contributed by atoms with Crippen LogP contribution in [0.2, 0.25) is 0 Å². The zero-order chi connectivity index (χ0) is 20.2. The Hall–Kier alpha value is -3.29. The molecule has 3 aromatic rings. The van der Waals surface area contributed by atoms with Crippen LogP contribution in [-0.4, -0.2) is 44.2 Å². The number of piperidine rings is 1. The van der Waals surface area contributed by atoms with Gasteiger partial charge in [-0.1, -0.05) is 25.1 Å². The predicted octanol–water partition coefficient (Wildman–Crippen LogP) is 2.78. The van der Waals surface area contributed by atoms with E-state index in [2.05, 4.69) is 37.6 Å². The van der Waals surface area contributed by atoms with Crippen molar-refractivity contribution in [1.82, 2.24) is 30.5 Å². The largest absolute Gasteiger partial charge is 0.356 e. The lowest BCUT2D eigenvalue weighted by atomic mass is 10.0. The van der Waals surface area contributed by atoms with Gasteiger partial charge < -0.3 is 10.2 Å². The summed E-state index contributed by atoms with van der Waals surface area (Å²) in [6.07, 6.45) is 4.09. The molecule has 1 aliphatic heterocycles. The van der Waals surface area contributed by atoms with Gasteiger partial charge in [-0.2, -0.15) is 4.68 Å². The first-order valence-electron chi connectivity index (χ1n) is 9.97. The van der Waals surface area contributed by atoms with Crippen LogP contribution in [0, 0.1) is 5.92 Å². The van der Waals surface area contributed by atoms with Gasteiger partial charge >= 0.3 is 0 Å². The Morgan fingerprint density at radius 2 is 2.07 bits per heavy atom. The summed E-state index contributed by atoms with van der Waals surface area (Å²) in [5, 5.41) is 14.9. The molecule has 0 radical (unpaired) electrons. The fourth-order valence-corrected chi connectivity index (χ4v) is 3.69. The van der Waals surface area contributed by atoms with Crippen LogP contribution in [0.5, 0.6) is 0 Å². The molecule has 1 amide bonds. The number of tetrazole rings is 1. The van der Waals surface area contributed by atoms with Crippen molar-refractivity contribution in [3.05, 3.63) is 60.0 Å². The van der Waals surface area contributed by atoms with Crippen molar-refractivity contribution < 1.29 is 4.79 Å². The molecule has 0 unspecified atom stereocenters. The summed E-state index contributed by atoms with van der Waals surface area (Å²) in [6.45, 7) is 6.07. The highest BCUT2D eigenvalue weighted by molar-refractivity contribution is 5.95. The minimum absolute atomic E-state index is 0.172. The van der Waals surface area contributed by atoms with Gasteiger partial charge in [0.1, 0.15) is 5.82 Å². The van der Waals surface area contributed by atoms with Crippen LogP contribution in [0.3, 0.4) is 0 Å². The summed E-state index contributed by atoms with van der Waals surface area (Å²) < 4.78 is 1.64. The van der Waals surface area contributed by atoms with Crippen LogP contribution >= 0.6 is 0 Å².